The van der Waals surface area contributed by atoms with E-state index in [1.165, 1.54) is 0 Å². The van der Waals surface area contributed by atoms with Crippen molar-refractivity contribution < 1.29 is 19.4 Å². The van der Waals surface area contributed by atoms with E-state index in [0.717, 1.165) is 11.3 Å². The average Bonchev–Trinajstić information content (AvgIpc) is 2.68. The number of carbonyl (C=O) groups is 2. The minimum atomic E-state index is -0.934. The van der Waals surface area contributed by atoms with E-state index in [9.17, 15) is 14.7 Å². The molecular weight excluding hydrogens is 272 g/mol. The summed E-state index contributed by atoms with van der Waals surface area (Å²) in [5.74, 6) is -0.218. The van der Waals surface area contributed by atoms with E-state index in [-0.39, 0.29) is 18.5 Å². The lowest BCUT2D eigenvalue weighted by Gasteiger charge is -2.29. The highest BCUT2D eigenvalue weighted by Crippen LogP contribution is 2.24. The Bertz CT molecular complexity index is 515. The Morgan fingerprint density at radius 2 is 2.10 bits per heavy atom. The lowest BCUT2D eigenvalue weighted by Crippen LogP contribution is -2.45. The van der Waals surface area contributed by atoms with Gasteiger partial charge in [0.2, 0.25) is 5.91 Å². The minimum absolute atomic E-state index is 0.0328. The van der Waals surface area contributed by atoms with Crippen molar-refractivity contribution in [1.82, 2.24) is 10.2 Å². The van der Waals surface area contributed by atoms with Gasteiger partial charge in [0, 0.05) is 19.5 Å². The summed E-state index contributed by atoms with van der Waals surface area (Å²) in [4.78, 5) is 25.0. The number of nitrogens with zero attached hydrogens (tertiary/aromatic N) is 1. The zero-order chi connectivity index (χ0) is 15.4. The van der Waals surface area contributed by atoms with Crippen molar-refractivity contribution in [1.29, 1.82) is 0 Å². The Kier molecular flexibility index (Phi) is 4.80. The van der Waals surface area contributed by atoms with Gasteiger partial charge in [-0.05, 0) is 24.6 Å². The highest BCUT2D eigenvalue weighted by Gasteiger charge is 2.30. The Morgan fingerprint density at radius 3 is 2.67 bits per heavy atom. The highest BCUT2D eigenvalue weighted by atomic mass is 16.5. The number of ether oxygens (including phenoxy) is 1. The van der Waals surface area contributed by atoms with Gasteiger partial charge in [-0.1, -0.05) is 12.1 Å². The molecule has 0 spiro atoms. The first-order chi connectivity index (χ1) is 10.0. The van der Waals surface area contributed by atoms with Crippen LogP contribution in [0.3, 0.4) is 0 Å². The van der Waals surface area contributed by atoms with E-state index in [0.29, 0.717) is 13.0 Å². The summed E-state index contributed by atoms with van der Waals surface area (Å²) in [6.07, 6.45) is 0.310. The molecule has 1 aromatic carbocycles. The van der Waals surface area contributed by atoms with E-state index >= 15 is 0 Å². The monoisotopic (exact) mass is 292 g/mol. The van der Waals surface area contributed by atoms with Crippen LogP contribution in [0.2, 0.25) is 0 Å². The van der Waals surface area contributed by atoms with Crippen molar-refractivity contribution >= 4 is 11.9 Å². The maximum absolute atomic E-state index is 12.2. The Morgan fingerprint density at radius 1 is 1.43 bits per heavy atom. The van der Waals surface area contributed by atoms with Crippen molar-refractivity contribution in [3.05, 3.63) is 29.8 Å². The molecule has 1 saturated heterocycles. The second kappa shape index (κ2) is 6.58. The molecule has 0 saturated carbocycles. The standard InChI is InChI=1S/C15H20N2O4/c1-10(11-3-5-12(21-2)6-4-11)17-9-13(15(19)20)16-8-7-14(17)18/h3-6,10,13,16H,7-9H2,1-2H3,(H,19,20)/t10-,13?/m0/s1. The third-order valence-corrected chi connectivity index (χ3v) is 3.79. The van der Waals surface area contributed by atoms with E-state index in [4.69, 9.17) is 4.74 Å². The van der Waals surface area contributed by atoms with Crippen LogP contribution in [0, 0.1) is 0 Å². The molecule has 1 fully saturated rings. The molecule has 1 unspecified atom stereocenters. The van der Waals surface area contributed by atoms with E-state index in [1.807, 2.05) is 31.2 Å². The van der Waals surface area contributed by atoms with Gasteiger partial charge in [-0.25, -0.2) is 0 Å². The second-order valence-electron chi connectivity index (χ2n) is 5.09. The number of methoxy groups -OCH3 is 1. The first-order valence-electron chi connectivity index (χ1n) is 6.92. The van der Waals surface area contributed by atoms with Gasteiger partial charge in [-0.2, -0.15) is 0 Å². The topological polar surface area (TPSA) is 78.9 Å². The number of carboxylic acid groups (broad SMARTS) is 1. The average molecular weight is 292 g/mol. The molecule has 6 heteroatoms. The Labute approximate surface area is 123 Å². The van der Waals surface area contributed by atoms with Crippen molar-refractivity contribution in [3.63, 3.8) is 0 Å². The van der Waals surface area contributed by atoms with Crippen LogP contribution in [0.5, 0.6) is 5.75 Å². The number of benzene rings is 1. The largest absolute Gasteiger partial charge is 0.497 e. The summed E-state index contributed by atoms with van der Waals surface area (Å²) < 4.78 is 5.12. The van der Waals surface area contributed by atoms with Gasteiger partial charge in [0.1, 0.15) is 11.8 Å². The zero-order valence-electron chi connectivity index (χ0n) is 12.2. The summed E-state index contributed by atoms with van der Waals surface area (Å²) in [6.45, 7) is 2.47. The number of rotatable bonds is 4. The Balaban J connectivity index is 2.19. The number of carboxylic acids is 1. The van der Waals surface area contributed by atoms with Gasteiger partial charge in [-0.3, -0.25) is 9.59 Å². The number of nitrogens with one attached hydrogen (secondary N) is 1. The molecule has 2 N–H and O–H groups in total. The van der Waals surface area contributed by atoms with Crippen molar-refractivity contribution in [3.8, 4) is 5.75 Å². The molecule has 6 nitrogen and oxygen atoms in total. The minimum Gasteiger partial charge on any atom is -0.497 e. The fourth-order valence-corrected chi connectivity index (χ4v) is 2.46. The predicted octanol–water partition coefficient (Wildman–Crippen LogP) is 1.03. The fourth-order valence-electron chi connectivity index (χ4n) is 2.46. The number of hydrogen-bond acceptors (Lipinski definition) is 4. The van der Waals surface area contributed by atoms with Gasteiger partial charge in [0.15, 0.2) is 0 Å². The molecule has 0 aliphatic carbocycles. The lowest BCUT2D eigenvalue weighted by molar-refractivity contribution is -0.140. The van der Waals surface area contributed by atoms with Crippen LogP contribution in [-0.2, 0) is 9.59 Å². The third kappa shape index (κ3) is 3.52. The fraction of sp³-hybridized carbons (Fsp3) is 0.467. The van der Waals surface area contributed by atoms with Gasteiger partial charge in [0.05, 0.1) is 13.2 Å². The van der Waals surface area contributed by atoms with Gasteiger partial charge in [0.25, 0.3) is 0 Å². The molecule has 2 atom stereocenters. The van der Waals surface area contributed by atoms with Crippen molar-refractivity contribution in [2.24, 2.45) is 0 Å². The van der Waals surface area contributed by atoms with Crippen LogP contribution in [-0.4, -0.2) is 48.1 Å². The molecule has 1 aromatic rings. The lowest BCUT2D eigenvalue weighted by atomic mass is 10.1. The summed E-state index contributed by atoms with van der Waals surface area (Å²) in [6, 6.07) is 6.56. The first kappa shape index (κ1) is 15.3. The highest BCUT2D eigenvalue weighted by molar-refractivity contribution is 5.80. The third-order valence-electron chi connectivity index (χ3n) is 3.79. The van der Waals surface area contributed by atoms with Crippen LogP contribution >= 0.6 is 0 Å². The number of hydrogen-bond donors (Lipinski definition) is 2. The van der Waals surface area contributed by atoms with Crippen LogP contribution < -0.4 is 10.1 Å². The SMILES string of the molecule is COc1ccc([C@H](C)N2CC(C(=O)O)NCCC2=O)cc1. The van der Waals surface area contributed by atoms with Gasteiger partial charge >= 0.3 is 5.97 Å². The normalized spacial score (nSPS) is 20.8. The molecule has 0 aromatic heterocycles. The molecule has 114 valence electrons. The summed E-state index contributed by atoms with van der Waals surface area (Å²) >= 11 is 0. The van der Waals surface area contributed by atoms with Crippen molar-refractivity contribution in [2.75, 3.05) is 20.2 Å². The molecule has 0 radical (unpaired) electrons. The van der Waals surface area contributed by atoms with Crippen LogP contribution in [0.25, 0.3) is 0 Å². The van der Waals surface area contributed by atoms with Crippen LogP contribution in [0.1, 0.15) is 24.9 Å². The quantitative estimate of drug-likeness (QED) is 0.866. The first-order valence-corrected chi connectivity index (χ1v) is 6.92. The summed E-state index contributed by atoms with van der Waals surface area (Å²) in [5, 5.41) is 12.1. The molecule has 1 heterocycles. The number of carbonyl (C=O) groups excluding carboxylic acids is 1. The molecule has 21 heavy (non-hydrogen) atoms. The van der Waals surface area contributed by atoms with Gasteiger partial charge in [-0.15, -0.1) is 0 Å². The predicted molar refractivity (Wildman–Crippen MR) is 77.2 cm³/mol. The van der Waals surface area contributed by atoms with Crippen LogP contribution in [0.15, 0.2) is 24.3 Å². The van der Waals surface area contributed by atoms with Crippen LogP contribution in [0.4, 0.5) is 0 Å². The second-order valence-corrected chi connectivity index (χ2v) is 5.09. The molecule has 1 amide bonds. The molecule has 0 bridgehead atoms. The smallest absolute Gasteiger partial charge is 0.322 e. The molecule has 1 aliphatic heterocycles. The maximum Gasteiger partial charge on any atom is 0.322 e. The summed E-state index contributed by atoms with van der Waals surface area (Å²) in [7, 11) is 1.60. The van der Waals surface area contributed by atoms with E-state index < -0.39 is 12.0 Å². The zero-order valence-corrected chi connectivity index (χ0v) is 12.2. The molecule has 2 rings (SSSR count). The Hall–Kier alpha value is -2.08. The van der Waals surface area contributed by atoms with Gasteiger partial charge < -0.3 is 20.1 Å². The van der Waals surface area contributed by atoms with E-state index in [2.05, 4.69) is 5.32 Å². The number of aliphatic carboxylic acids is 1. The van der Waals surface area contributed by atoms with E-state index in [1.54, 1.807) is 12.0 Å². The summed E-state index contributed by atoms with van der Waals surface area (Å²) in [5.41, 5.74) is 0.954. The maximum atomic E-state index is 12.2. The molecular formula is C15H20N2O4. The number of amides is 1. The molecule has 1 aliphatic rings. The van der Waals surface area contributed by atoms with Crippen molar-refractivity contribution in [2.45, 2.75) is 25.4 Å².